The van der Waals surface area contributed by atoms with Crippen LogP contribution in [0.15, 0.2) is 42.5 Å². The Labute approximate surface area is 146 Å². The molecule has 0 saturated heterocycles. The van der Waals surface area contributed by atoms with E-state index in [4.69, 9.17) is 14.2 Å². The summed E-state index contributed by atoms with van der Waals surface area (Å²) in [5.74, 6) is 0.239. The summed E-state index contributed by atoms with van der Waals surface area (Å²) in [6, 6.07) is 12.7. The minimum atomic E-state index is -0.895. The third-order valence-corrected chi connectivity index (χ3v) is 4.09. The highest BCUT2D eigenvalue weighted by atomic mass is 16.6. The number of aryl methyl sites for hydroxylation is 2. The van der Waals surface area contributed by atoms with Crippen LogP contribution in [0.2, 0.25) is 0 Å². The van der Waals surface area contributed by atoms with Crippen molar-refractivity contribution in [3.63, 3.8) is 0 Å². The van der Waals surface area contributed by atoms with E-state index in [1.807, 2.05) is 32.0 Å². The van der Waals surface area contributed by atoms with Crippen molar-refractivity contribution >= 4 is 11.8 Å². The van der Waals surface area contributed by atoms with Gasteiger partial charge in [0.25, 0.3) is 0 Å². The van der Waals surface area contributed by atoms with Crippen molar-refractivity contribution < 1.29 is 23.8 Å². The fourth-order valence-corrected chi connectivity index (χ4v) is 2.66. The molecule has 2 aromatic rings. The lowest BCUT2D eigenvalue weighted by Gasteiger charge is -2.26. The number of fused-ring (bicyclic) bond motifs is 1. The molecule has 0 saturated carbocycles. The molecule has 0 fully saturated rings. The van der Waals surface area contributed by atoms with Gasteiger partial charge in [-0.2, -0.15) is 0 Å². The molecule has 3 rings (SSSR count). The molecule has 0 spiro atoms. The maximum Gasteiger partial charge on any atom is 0.351 e. The van der Waals surface area contributed by atoms with Gasteiger partial charge in [-0.25, -0.2) is 4.79 Å². The molecule has 5 heteroatoms. The average molecular weight is 340 g/mol. The number of hydrogen-bond donors (Lipinski definition) is 0. The predicted octanol–water partition coefficient (Wildman–Crippen LogP) is 3.26. The highest BCUT2D eigenvalue weighted by Gasteiger charge is 2.31. The van der Waals surface area contributed by atoms with E-state index in [2.05, 4.69) is 0 Å². The first-order chi connectivity index (χ1) is 12.0. The first kappa shape index (κ1) is 17.0. The third-order valence-electron chi connectivity index (χ3n) is 4.09. The maximum absolute atomic E-state index is 12.6. The van der Waals surface area contributed by atoms with E-state index < -0.39 is 18.2 Å². The molecule has 0 bridgehead atoms. The lowest BCUT2D eigenvalue weighted by molar-refractivity contribution is -0.157. The second-order valence-corrected chi connectivity index (χ2v) is 6.13. The van der Waals surface area contributed by atoms with Crippen LogP contribution in [-0.2, 0) is 9.53 Å². The molecule has 0 radical (unpaired) electrons. The molecule has 0 aromatic heterocycles. The van der Waals surface area contributed by atoms with Gasteiger partial charge in [0.2, 0.25) is 11.9 Å². The van der Waals surface area contributed by atoms with E-state index in [1.165, 1.54) is 0 Å². The first-order valence-corrected chi connectivity index (χ1v) is 8.16. The van der Waals surface area contributed by atoms with E-state index in [1.54, 1.807) is 31.2 Å². The summed E-state index contributed by atoms with van der Waals surface area (Å²) in [5, 5.41) is 0. The molecule has 0 N–H and O–H groups in total. The van der Waals surface area contributed by atoms with Crippen molar-refractivity contribution in [1.82, 2.24) is 0 Å². The Morgan fingerprint density at radius 3 is 2.60 bits per heavy atom. The van der Waals surface area contributed by atoms with Crippen LogP contribution in [-0.4, -0.2) is 30.6 Å². The van der Waals surface area contributed by atoms with Crippen molar-refractivity contribution in [2.75, 3.05) is 6.61 Å². The second-order valence-electron chi connectivity index (χ2n) is 6.13. The number of carbonyl (C=O) groups is 2. The molecule has 0 aliphatic carbocycles. The van der Waals surface area contributed by atoms with Crippen molar-refractivity contribution in [1.29, 1.82) is 0 Å². The zero-order valence-electron chi connectivity index (χ0n) is 14.4. The van der Waals surface area contributed by atoms with E-state index in [-0.39, 0.29) is 12.4 Å². The molecule has 2 atom stereocenters. The third kappa shape index (κ3) is 3.65. The molecule has 0 amide bonds. The lowest BCUT2D eigenvalue weighted by Crippen LogP contribution is -2.40. The largest absolute Gasteiger partial charge is 0.485 e. The first-order valence-electron chi connectivity index (χ1n) is 8.16. The fraction of sp³-hybridized carbons (Fsp3) is 0.300. The number of para-hydroxylation sites is 2. The molecule has 130 valence electrons. The Bertz CT molecular complexity index is 811. The van der Waals surface area contributed by atoms with Crippen LogP contribution < -0.4 is 9.47 Å². The van der Waals surface area contributed by atoms with Gasteiger partial charge in [-0.3, -0.25) is 4.79 Å². The molecule has 1 aliphatic rings. The number of rotatable bonds is 4. The summed E-state index contributed by atoms with van der Waals surface area (Å²) < 4.78 is 16.4. The number of hydrogen-bond acceptors (Lipinski definition) is 5. The lowest BCUT2D eigenvalue weighted by atomic mass is 9.99. The average Bonchev–Trinajstić information content (AvgIpc) is 2.62. The molecular formula is C20H20O5. The van der Waals surface area contributed by atoms with Crippen molar-refractivity contribution in [3.05, 3.63) is 59.2 Å². The summed E-state index contributed by atoms with van der Waals surface area (Å²) in [6.45, 7) is 5.40. The molecule has 2 aromatic carbocycles. The quantitative estimate of drug-likeness (QED) is 0.631. The Morgan fingerprint density at radius 1 is 1.12 bits per heavy atom. The van der Waals surface area contributed by atoms with Gasteiger partial charge in [0.15, 0.2) is 17.6 Å². The van der Waals surface area contributed by atoms with E-state index in [0.29, 0.717) is 17.1 Å². The Balaban J connectivity index is 1.67. The molecule has 5 nitrogen and oxygen atoms in total. The van der Waals surface area contributed by atoms with Gasteiger partial charge < -0.3 is 14.2 Å². The van der Waals surface area contributed by atoms with Gasteiger partial charge >= 0.3 is 5.97 Å². The molecule has 0 unspecified atom stereocenters. The number of Topliss-reactive ketones (excluding diaryl/α,β-unsaturated/α-hetero) is 1. The summed E-state index contributed by atoms with van der Waals surface area (Å²) in [4.78, 5) is 24.9. The minimum absolute atomic E-state index is 0.0558. The summed E-state index contributed by atoms with van der Waals surface area (Å²) >= 11 is 0. The normalized spacial score (nSPS) is 16.8. The Kier molecular flexibility index (Phi) is 4.74. The number of ether oxygens (including phenoxy) is 3. The molecular weight excluding hydrogens is 320 g/mol. The number of esters is 1. The van der Waals surface area contributed by atoms with E-state index in [0.717, 1.165) is 11.1 Å². The molecule has 1 heterocycles. The molecule has 1 aliphatic heterocycles. The second kappa shape index (κ2) is 6.97. The van der Waals surface area contributed by atoms with Crippen LogP contribution in [0.3, 0.4) is 0 Å². The smallest absolute Gasteiger partial charge is 0.351 e. The minimum Gasteiger partial charge on any atom is -0.485 e. The van der Waals surface area contributed by atoms with Gasteiger partial charge in [0, 0.05) is 5.56 Å². The summed E-state index contributed by atoms with van der Waals surface area (Å²) in [5.41, 5.74) is 2.39. The fourth-order valence-electron chi connectivity index (χ4n) is 2.66. The van der Waals surface area contributed by atoms with Crippen LogP contribution in [0.5, 0.6) is 11.5 Å². The molecule has 25 heavy (non-hydrogen) atoms. The maximum atomic E-state index is 12.6. The zero-order chi connectivity index (χ0) is 18.0. The van der Waals surface area contributed by atoms with Crippen LogP contribution in [0.4, 0.5) is 0 Å². The zero-order valence-corrected chi connectivity index (χ0v) is 14.4. The van der Waals surface area contributed by atoms with Gasteiger partial charge in [-0.1, -0.05) is 29.8 Å². The van der Waals surface area contributed by atoms with Crippen molar-refractivity contribution in [3.8, 4) is 11.5 Å². The van der Waals surface area contributed by atoms with E-state index >= 15 is 0 Å². The van der Waals surface area contributed by atoms with Gasteiger partial charge in [-0.05, 0) is 44.5 Å². The SMILES string of the molecule is Cc1ccc(C)c(C(=O)[C@H](C)OC(=O)[C@H]2COc3ccccc3O2)c1. The topological polar surface area (TPSA) is 61.8 Å². The highest BCUT2D eigenvalue weighted by Crippen LogP contribution is 2.31. The van der Waals surface area contributed by atoms with Crippen LogP contribution in [0, 0.1) is 13.8 Å². The summed E-state index contributed by atoms with van der Waals surface area (Å²) in [6.07, 6.45) is -1.78. The predicted molar refractivity (Wildman–Crippen MR) is 92.2 cm³/mol. The van der Waals surface area contributed by atoms with Crippen LogP contribution >= 0.6 is 0 Å². The van der Waals surface area contributed by atoms with Crippen LogP contribution in [0.25, 0.3) is 0 Å². The van der Waals surface area contributed by atoms with E-state index in [9.17, 15) is 9.59 Å². The Morgan fingerprint density at radius 2 is 1.84 bits per heavy atom. The standard InChI is InChI=1S/C20H20O5/c1-12-8-9-13(2)15(10-12)19(21)14(3)24-20(22)18-11-23-16-6-4-5-7-17(16)25-18/h4-10,14,18H,11H2,1-3H3/t14-,18+/m0/s1. The number of carbonyl (C=O) groups excluding carboxylic acids is 2. The van der Waals surface area contributed by atoms with Crippen molar-refractivity contribution in [2.24, 2.45) is 0 Å². The van der Waals surface area contributed by atoms with Gasteiger partial charge in [-0.15, -0.1) is 0 Å². The van der Waals surface area contributed by atoms with Crippen LogP contribution in [0.1, 0.15) is 28.4 Å². The van der Waals surface area contributed by atoms with Gasteiger partial charge in [0.05, 0.1) is 0 Å². The van der Waals surface area contributed by atoms with Crippen molar-refractivity contribution in [2.45, 2.75) is 33.0 Å². The monoisotopic (exact) mass is 340 g/mol. The summed E-state index contributed by atoms with van der Waals surface area (Å²) in [7, 11) is 0. The Hall–Kier alpha value is -2.82. The highest BCUT2D eigenvalue weighted by molar-refractivity contribution is 6.01. The number of ketones is 1. The van der Waals surface area contributed by atoms with Gasteiger partial charge in [0.1, 0.15) is 6.61 Å². The number of benzene rings is 2.